The minimum Gasteiger partial charge on any atom is -0.417 e. The quantitative estimate of drug-likeness (QED) is 0.679. The van der Waals surface area contributed by atoms with Crippen LogP contribution in [0.3, 0.4) is 0 Å². The molecule has 21 heavy (non-hydrogen) atoms. The molecule has 113 valence electrons. The molecule has 1 aromatic carbocycles. The monoisotopic (exact) mass is 303 g/mol. The first-order valence-electron chi connectivity index (χ1n) is 7.23. The number of nitrogens with zero attached hydrogens (tertiary/aromatic N) is 1. The van der Waals surface area contributed by atoms with E-state index in [1.54, 1.807) is 0 Å². The summed E-state index contributed by atoms with van der Waals surface area (Å²) in [5, 5.41) is 0. The second-order valence-corrected chi connectivity index (χ2v) is 8.59. The molecule has 0 aliphatic heterocycles. The molecule has 2 rings (SSSR count). The number of nitrogens with one attached hydrogen (secondary N) is 1. The molecule has 1 aromatic heterocycles. The van der Waals surface area contributed by atoms with Crippen molar-refractivity contribution in [3.63, 3.8) is 0 Å². The lowest BCUT2D eigenvalue weighted by Crippen LogP contribution is -2.17. The van der Waals surface area contributed by atoms with Crippen LogP contribution in [0.2, 0.25) is 13.1 Å². The van der Waals surface area contributed by atoms with E-state index >= 15 is 0 Å². The Hall–Kier alpha value is -1.46. The van der Waals surface area contributed by atoms with Crippen LogP contribution in [0.15, 0.2) is 12.1 Å². The molecular formula is C16H23N2O2Si. The first-order chi connectivity index (χ1) is 9.82. The van der Waals surface area contributed by atoms with E-state index in [0.717, 1.165) is 23.7 Å². The smallest absolute Gasteiger partial charge is 0.204 e. The van der Waals surface area contributed by atoms with Crippen molar-refractivity contribution in [2.45, 2.75) is 45.7 Å². The van der Waals surface area contributed by atoms with Crippen molar-refractivity contribution < 1.29 is 9.22 Å². The fourth-order valence-corrected chi connectivity index (χ4v) is 3.03. The summed E-state index contributed by atoms with van der Waals surface area (Å²) in [6, 6.07) is 4.14. The SMILES string of the molecule is C[Si](C)OCCc1c(C(C)(C)C)ccc2[nH]c(C=O)nc12. The van der Waals surface area contributed by atoms with Crippen LogP contribution in [0, 0.1) is 0 Å². The number of aromatic nitrogens is 2. The highest BCUT2D eigenvalue weighted by Crippen LogP contribution is 2.30. The molecule has 0 bridgehead atoms. The van der Waals surface area contributed by atoms with Gasteiger partial charge in [0.25, 0.3) is 0 Å². The zero-order valence-electron chi connectivity index (χ0n) is 13.4. The predicted molar refractivity (Wildman–Crippen MR) is 87.3 cm³/mol. The molecule has 0 aliphatic carbocycles. The number of carbonyl (C=O) groups excluding carboxylic acids is 1. The Morgan fingerprint density at radius 3 is 2.62 bits per heavy atom. The summed E-state index contributed by atoms with van der Waals surface area (Å²) in [4.78, 5) is 18.4. The van der Waals surface area contributed by atoms with E-state index < -0.39 is 9.04 Å². The summed E-state index contributed by atoms with van der Waals surface area (Å²) in [5.74, 6) is 0.383. The van der Waals surface area contributed by atoms with Crippen LogP contribution in [-0.2, 0) is 16.3 Å². The zero-order chi connectivity index (χ0) is 15.6. The third-order valence-electron chi connectivity index (χ3n) is 3.44. The second-order valence-electron chi connectivity index (χ2n) is 6.48. The maximum absolute atomic E-state index is 11.0. The van der Waals surface area contributed by atoms with E-state index in [0.29, 0.717) is 12.4 Å². The molecule has 1 N–H and O–H groups in total. The van der Waals surface area contributed by atoms with Gasteiger partial charge in [0.1, 0.15) is 0 Å². The third-order valence-corrected chi connectivity index (χ3v) is 4.22. The summed E-state index contributed by atoms with van der Waals surface area (Å²) < 4.78 is 5.79. The normalized spacial score (nSPS) is 12.3. The summed E-state index contributed by atoms with van der Waals surface area (Å²) >= 11 is 0. The number of carbonyl (C=O) groups is 1. The van der Waals surface area contributed by atoms with Gasteiger partial charge in [-0.15, -0.1) is 0 Å². The lowest BCUT2D eigenvalue weighted by Gasteiger charge is -2.23. The largest absolute Gasteiger partial charge is 0.417 e. The van der Waals surface area contributed by atoms with Crippen LogP contribution >= 0.6 is 0 Å². The van der Waals surface area contributed by atoms with Crippen molar-refractivity contribution in [2.24, 2.45) is 0 Å². The lowest BCUT2D eigenvalue weighted by molar-refractivity contribution is 0.111. The van der Waals surface area contributed by atoms with Crippen LogP contribution in [0.25, 0.3) is 11.0 Å². The van der Waals surface area contributed by atoms with Crippen molar-refractivity contribution in [1.29, 1.82) is 0 Å². The van der Waals surface area contributed by atoms with Gasteiger partial charge < -0.3 is 9.41 Å². The van der Waals surface area contributed by atoms with Crippen LogP contribution in [0.5, 0.6) is 0 Å². The van der Waals surface area contributed by atoms with Gasteiger partial charge >= 0.3 is 0 Å². The number of rotatable bonds is 5. The van der Waals surface area contributed by atoms with Gasteiger partial charge in [-0.05, 0) is 42.1 Å². The van der Waals surface area contributed by atoms with Crippen LogP contribution in [0.4, 0.5) is 0 Å². The van der Waals surface area contributed by atoms with E-state index in [-0.39, 0.29) is 5.41 Å². The topological polar surface area (TPSA) is 55.0 Å². The van der Waals surface area contributed by atoms with Crippen molar-refractivity contribution in [1.82, 2.24) is 9.97 Å². The third kappa shape index (κ3) is 3.60. The lowest BCUT2D eigenvalue weighted by atomic mass is 9.82. The highest BCUT2D eigenvalue weighted by Gasteiger charge is 2.21. The van der Waals surface area contributed by atoms with Gasteiger partial charge in [-0.2, -0.15) is 0 Å². The molecular weight excluding hydrogens is 280 g/mol. The van der Waals surface area contributed by atoms with E-state index in [9.17, 15) is 4.79 Å². The molecule has 0 saturated heterocycles. The van der Waals surface area contributed by atoms with Crippen LogP contribution in [0.1, 0.15) is 42.5 Å². The molecule has 1 radical (unpaired) electrons. The fraction of sp³-hybridized carbons (Fsp3) is 0.500. The number of benzene rings is 1. The molecule has 1 heterocycles. The Kier molecular flexibility index (Phi) is 4.63. The highest BCUT2D eigenvalue weighted by atomic mass is 28.3. The van der Waals surface area contributed by atoms with E-state index in [4.69, 9.17) is 4.43 Å². The van der Waals surface area contributed by atoms with Crippen molar-refractivity contribution in [3.8, 4) is 0 Å². The van der Waals surface area contributed by atoms with Gasteiger partial charge in [-0.1, -0.05) is 26.8 Å². The van der Waals surface area contributed by atoms with E-state index in [2.05, 4.69) is 49.9 Å². The number of aldehydes is 1. The average Bonchev–Trinajstić information content (AvgIpc) is 2.80. The summed E-state index contributed by atoms with van der Waals surface area (Å²) in [5.41, 5.74) is 4.31. The first-order valence-corrected chi connectivity index (χ1v) is 9.64. The Morgan fingerprint density at radius 1 is 1.33 bits per heavy atom. The Balaban J connectivity index is 2.48. The number of hydrogen-bond donors (Lipinski definition) is 1. The molecule has 0 spiro atoms. The molecule has 0 aliphatic rings. The van der Waals surface area contributed by atoms with E-state index in [1.165, 1.54) is 11.1 Å². The maximum atomic E-state index is 11.0. The summed E-state index contributed by atoms with van der Waals surface area (Å²) in [7, 11) is -0.688. The fourth-order valence-electron chi connectivity index (χ4n) is 2.52. The molecule has 0 atom stereocenters. The molecule has 0 saturated carbocycles. The van der Waals surface area contributed by atoms with Gasteiger partial charge in [-0.25, -0.2) is 4.98 Å². The average molecular weight is 303 g/mol. The highest BCUT2D eigenvalue weighted by molar-refractivity contribution is 6.48. The summed E-state index contributed by atoms with van der Waals surface area (Å²) in [6.45, 7) is 11.6. The van der Waals surface area contributed by atoms with Gasteiger partial charge in [0, 0.05) is 6.61 Å². The van der Waals surface area contributed by atoms with Crippen molar-refractivity contribution in [3.05, 3.63) is 29.1 Å². The standard InChI is InChI=1S/C16H23N2O2Si/c1-16(2,3)12-6-7-13-15(18-14(10-19)17-13)11(12)8-9-20-21(4)5/h6-7,10H,8-9H2,1-5H3,(H,17,18). The molecule has 5 heteroatoms. The number of H-pyrrole nitrogens is 1. The minimum absolute atomic E-state index is 0.0377. The maximum Gasteiger partial charge on any atom is 0.204 e. The molecule has 4 nitrogen and oxygen atoms in total. The van der Waals surface area contributed by atoms with Crippen molar-refractivity contribution in [2.75, 3.05) is 6.61 Å². The number of imidazole rings is 1. The van der Waals surface area contributed by atoms with Gasteiger partial charge in [0.2, 0.25) is 9.04 Å². The second kappa shape index (κ2) is 6.11. The predicted octanol–water partition coefficient (Wildman–Crippen LogP) is 3.48. The Labute approximate surface area is 127 Å². The van der Waals surface area contributed by atoms with Crippen LogP contribution < -0.4 is 0 Å². The number of fused-ring (bicyclic) bond motifs is 1. The Bertz CT molecular complexity index is 641. The first kappa shape index (κ1) is 15.9. The molecule has 2 aromatic rings. The van der Waals surface area contributed by atoms with Crippen LogP contribution in [-0.4, -0.2) is 31.9 Å². The van der Waals surface area contributed by atoms with E-state index in [1.807, 2.05) is 6.07 Å². The number of hydrogen-bond acceptors (Lipinski definition) is 3. The summed E-state index contributed by atoms with van der Waals surface area (Å²) in [6.07, 6.45) is 1.58. The minimum atomic E-state index is -0.688. The van der Waals surface area contributed by atoms with Gasteiger partial charge in [0.05, 0.1) is 11.0 Å². The zero-order valence-corrected chi connectivity index (χ0v) is 14.4. The molecule has 0 unspecified atom stereocenters. The Morgan fingerprint density at radius 2 is 2.05 bits per heavy atom. The molecule has 0 fully saturated rings. The number of aromatic amines is 1. The molecule has 0 amide bonds. The van der Waals surface area contributed by atoms with Crippen molar-refractivity contribution >= 4 is 26.4 Å². The van der Waals surface area contributed by atoms with Gasteiger partial charge in [-0.3, -0.25) is 4.79 Å². The van der Waals surface area contributed by atoms with Gasteiger partial charge in [0.15, 0.2) is 12.1 Å².